The maximum Gasteiger partial charge on any atom is 0.170 e. The van der Waals surface area contributed by atoms with Gasteiger partial charge in [-0.2, -0.15) is 0 Å². The monoisotopic (exact) mass is 171 g/mol. The van der Waals surface area contributed by atoms with E-state index >= 15 is 0 Å². The van der Waals surface area contributed by atoms with Gasteiger partial charge in [-0.3, -0.25) is 4.90 Å². The van der Waals surface area contributed by atoms with Crippen LogP contribution in [0.3, 0.4) is 0 Å². The lowest BCUT2D eigenvalue weighted by molar-refractivity contribution is -0.0629. The van der Waals surface area contributed by atoms with Gasteiger partial charge < -0.3 is 9.47 Å². The fraction of sp³-hybridized carbons (Fsp3) is 1.00. The number of nitrogens with zero attached hydrogens (tertiary/aromatic N) is 1. The van der Waals surface area contributed by atoms with Gasteiger partial charge in [0.2, 0.25) is 0 Å². The van der Waals surface area contributed by atoms with Crippen LogP contribution in [0.4, 0.5) is 0 Å². The van der Waals surface area contributed by atoms with Crippen LogP contribution >= 0.6 is 0 Å². The highest BCUT2D eigenvalue weighted by Crippen LogP contribution is 2.18. The molecule has 0 radical (unpaired) electrons. The highest BCUT2D eigenvalue weighted by atomic mass is 16.7. The molecule has 2 rings (SSSR count). The van der Waals surface area contributed by atoms with Crippen molar-refractivity contribution in [2.75, 3.05) is 26.3 Å². The molecule has 2 aliphatic heterocycles. The van der Waals surface area contributed by atoms with Gasteiger partial charge in [0.05, 0.1) is 13.2 Å². The van der Waals surface area contributed by atoms with Gasteiger partial charge in [-0.05, 0) is 26.3 Å². The summed E-state index contributed by atoms with van der Waals surface area (Å²) in [5.41, 5.74) is 0. The molecule has 2 aliphatic rings. The Morgan fingerprint density at radius 1 is 1.33 bits per heavy atom. The third-order valence-electron chi connectivity index (χ3n) is 2.76. The lowest BCUT2D eigenvalue weighted by atomic mass is 10.2. The standard InChI is InChI=1S/C9H17NO2/c1-8-3-2-4-10(8)7-9-11-5-6-12-9/h8-9H,2-7H2,1H3. The lowest BCUT2D eigenvalue weighted by Crippen LogP contribution is -2.35. The zero-order valence-corrected chi connectivity index (χ0v) is 7.66. The van der Waals surface area contributed by atoms with Crippen LogP contribution in [0.2, 0.25) is 0 Å². The lowest BCUT2D eigenvalue weighted by Gasteiger charge is -2.23. The predicted molar refractivity (Wildman–Crippen MR) is 46.0 cm³/mol. The molecule has 1 unspecified atom stereocenters. The van der Waals surface area contributed by atoms with E-state index in [9.17, 15) is 0 Å². The molecule has 0 saturated carbocycles. The Hall–Kier alpha value is -0.120. The molecule has 0 amide bonds. The van der Waals surface area contributed by atoms with Crippen LogP contribution in [0.5, 0.6) is 0 Å². The average Bonchev–Trinajstić information content (AvgIpc) is 2.65. The number of rotatable bonds is 2. The molecule has 0 aliphatic carbocycles. The molecule has 0 aromatic rings. The van der Waals surface area contributed by atoms with Crippen molar-refractivity contribution in [2.24, 2.45) is 0 Å². The summed E-state index contributed by atoms with van der Waals surface area (Å²) in [4.78, 5) is 2.45. The molecule has 2 fully saturated rings. The van der Waals surface area contributed by atoms with Gasteiger partial charge in [0, 0.05) is 12.6 Å². The van der Waals surface area contributed by atoms with Gasteiger partial charge >= 0.3 is 0 Å². The highest BCUT2D eigenvalue weighted by Gasteiger charge is 2.25. The first-order valence-electron chi connectivity index (χ1n) is 4.83. The Bertz CT molecular complexity index is 145. The van der Waals surface area contributed by atoms with Crippen LogP contribution < -0.4 is 0 Å². The van der Waals surface area contributed by atoms with E-state index < -0.39 is 0 Å². The van der Waals surface area contributed by atoms with Gasteiger partial charge in [-0.25, -0.2) is 0 Å². The van der Waals surface area contributed by atoms with Crippen LogP contribution in [-0.2, 0) is 9.47 Å². The Labute approximate surface area is 73.6 Å². The minimum absolute atomic E-state index is 0.0468. The second kappa shape index (κ2) is 3.73. The molecule has 0 aromatic carbocycles. The fourth-order valence-electron chi connectivity index (χ4n) is 1.97. The van der Waals surface area contributed by atoms with Gasteiger partial charge in [0.25, 0.3) is 0 Å². The molecular formula is C9H17NO2. The first-order valence-corrected chi connectivity index (χ1v) is 4.83. The van der Waals surface area contributed by atoms with Crippen molar-refractivity contribution in [3.8, 4) is 0 Å². The number of hydrogen-bond acceptors (Lipinski definition) is 3. The van der Waals surface area contributed by atoms with E-state index in [-0.39, 0.29) is 6.29 Å². The molecular weight excluding hydrogens is 154 g/mol. The Morgan fingerprint density at radius 3 is 2.67 bits per heavy atom. The first kappa shape index (κ1) is 8.48. The minimum atomic E-state index is 0.0468. The quantitative estimate of drug-likeness (QED) is 0.614. The predicted octanol–water partition coefficient (Wildman–Crippen LogP) is 0.844. The molecule has 3 heteroatoms. The van der Waals surface area contributed by atoms with Crippen molar-refractivity contribution in [1.82, 2.24) is 4.90 Å². The summed E-state index contributed by atoms with van der Waals surface area (Å²) in [6.07, 6.45) is 2.70. The third-order valence-corrected chi connectivity index (χ3v) is 2.76. The molecule has 0 N–H and O–H groups in total. The molecule has 0 aromatic heterocycles. The van der Waals surface area contributed by atoms with E-state index in [1.165, 1.54) is 19.4 Å². The van der Waals surface area contributed by atoms with Crippen molar-refractivity contribution in [2.45, 2.75) is 32.1 Å². The smallest absolute Gasteiger partial charge is 0.170 e. The number of hydrogen-bond donors (Lipinski definition) is 0. The summed E-state index contributed by atoms with van der Waals surface area (Å²) >= 11 is 0. The van der Waals surface area contributed by atoms with Gasteiger partial charge in [-0.1, -0.05) is 0 Å². The molecule has 2 heterocycles. The molecule has 0 spiro atoms. The zero-order valence-electron chi connectivity index (χ0n) is 7.66. The Kier molecular flexibility index (Phi) is 2.63. The molecule has 0 bridgehead atoms. The van der Waals surface area contributed by atoms with Crippen molar-refractivity contribution in [3.05, 3.63) is 0 Å². The minimum Gasteiger partial charge on any atom is -0.349 e. The number of ether oxygens (including phenoxy) is 2. The summed E-state index contributed by atoms with van der Waals surface area (Å²) in [6, 6.07) is 0.720. The summed E-state index contributed by atoms with van der Waals surface area (Å²) in [5, 5.41) is 0. The Morgan fingerprint density at radius 2 is 2.08 bits per heavy atom. The van der Waals surface area contributed by atoms with Gasteiger partial charge in [0.15, 0.2) is 6.29 Å². The summed E-state index contributed by atoms with van der Waals surface area (Å²) in [5.74, 6) is 0. The van der Waals surface area contributed by atoms with E-state index in [4.69, 9.17) is 9.47 Å². The van der Waals surface area contributed by atoms with E-state index in [0.29, 0.717) is 0 Å². The van der Waals surface area contributed by atoms with E-state index in [1.807, 2.05) is 0 Å². The van der Waals surface area contributed by atoms with Gasteiger partial charge in [0.1, 0.15) is 0 Å². The Balaban J connectivity index is 1.77. The molecule has 70 valence electrons. The summed E-state index contributed by atoms with van der Waals surface area (Å²) in [6.45, 7) is 5.99. The van der Waals surface area contributed by atoms with Crippen LogP contribution in [0.1, 0.15) is 19.8 Å². The SMILES string of the molecule is CC1CCCN1CC1OCCO1. The van der Waals surface area contributed by atoms with Crippen LogP contribution in [0.15, 0.2) is 0 Å². The van der Waals surface area contributed by atoms with E-state index in [1.54, 1.807) is 0 Å². The normalized spacial score (nSPS) is 33.2. The van der Waals surface area contributed by atoms with E-state index in [2.05, 4.69) is 11.8 Å². The first-order chi connectivity index (χ1) is 5.86. The van der Waals surface area contributed by atoms with Crippen molar-refractivity contribution >= 4 is 0 Å². The zero-order chi connectivity index (χ0) is 8.39. The van der Waals surface area contributed by atoms with Gasteiger partial charge in [-0.15, -0.1) is 0 Å². The van der Waals surface area contributed by atoms with Crippen LogP contribution in [-0.4, -0.2) is 43.5 Å². The molecule has 2 saturated heterocycles. The van der Waals surface area contributed by atoms with Crippen molar-refractivity contribution in [3.63, 3.8) is 0 Å². The van der Waals surface area contributed by atoms with Crippen molar-refractivity contribution < 1.29 is 9.47 Å². The van der Waals surface area contributed by atoms with Crippen LogP contribution in [0, 0.1) is 0 Å². The molecule has 3 nitrogen and oxygen atoms in total. The number of likely N-dealkylation sites (tertiary alicyclic amines) is 1. The maximum absolute atomic E-state index is 5.40. The fourth-order valence-corrected chi connectivity index (χ4v) is 1.97. The van der Waals surface area contributed by atoms with Crippen LogP contribution in [0.25, 0.3) is 0 Å². The second-order valence-electron chi connectivity index (χ2n) is 3.66. The van der Waals surface area contributed by atoms with E-state index in [0.717, 1.165) is 25.8 Å². The maximum atomic E-state index is 5.40. The largest absolute Gasteiger partial charge is 0.349 e. The highest BCUT2D eigenvalue weighted by molar-refractivity contribution is 4.76. The average molecular weight is 171 g/mol. The molecule has 1 atom stereocenters. The summed E-state index contributed by atoms with van der Waals surface area (Å²) < 4.78 is 10.8. The summed E-state index contributed by atoms with van der Waals surface area (Å²) in [7, 11) is 0. The second-order valence-corrected chi connectivity index (χ2v) is 3.66. The third kappa shape index (κ3) is 1.79. The topological polar surface area (TPSA) is 21.7 Å². The molecule has 12 heavy (non-hydrogen) atoms. The van der Waals surface area contributed by atoms with Crippen molar-refractivity contribution in [1.29, 1.82) is 0 Å².